The quantitative estimate of drug-likeness (QED) is 0.599. The molecule has 0 unspecified atom stereocenters. The molecule has 104 valence electrons. The van der Waals surface area contributed by atoms with Crippen LogP contribution in [0.15, 0.2) is 84.0 Å². The van der Waals surface area contributed by atoms with Gasteiger partial charge in [0.2, 0.25) is 0 Å². The van der Waals surface area contributed by atoms with Crippen LogP contribution in [0.1, 0.15) is 11.1 Å². The molecule has 0 atom stereocenters. The van der Waals surface area contributed by atoms with E-state index in [0.29, 0.717) is 11.1 Å². The minimum Gasteiger partial charge on any atom is -0.192 e. The van der Waals surface area contributed by atoms with Gasteiger partial charge in [-0.2, -0.15) is 10.5 Å². The van der Waals surface area contributed by atoms with E-state index in [1.165, 1.54) is 0 Å². The smallest absolute Gasteiger partial charge is 0.0991 e. The van der Waals surface area contributed by atoms with E-state index in [9.17, 15) is 10.5 Å². The van der Waals surface area contributed by atoms with Gasteiger partial charge in [-0.15, -0.1) is 0 Å². The summed E-state index contributed by atoms with van der Waals surface area (Å²) in [6, 6.07) is 23.5. The maximum absolute atomic E-state index is 9.19. The summed E-state index contributed by atoms with van der Waals surface area (Å²) >= 11 is 0. The molecular weight excluding hydrogens is 268 g/mol. The van der Waals surface area contributed by atoms with Crippen molar-refractivity contribution in [2.24, 2.45) is 0 Å². The first-order valence-corrected chi connectivity index (χ1v) is 6.83. The van der Waals surface area contributed by atoms with Crippen LogP contribution in [-0.4, -0.2) is 0 Å². The summed E-state index contributed by atoms with van der Waals surface area (Å²) in [5.41, 5.74) is 2.91. The number of benzene rings is 2. The van der Waals surface area contributed by atoms with E-state index in [4.69, 9.17) is 0 Å². The molecule has 2 heteroatoms. The van der Waals surface area contributed by atoms with Crippen molar-refractivity contribution in [1.82, 2.24) is 0 Å². The van der Waals surface area contributed by atoms with Crippen LogP contribution in [0.2, 0.25) is 0 Å². The highest BCUT2D eigenvalue weighted by atomic mass is 14.2. The second-order valence-electron chi connectivity index (χ2n) is 4.58. The van der Waals surface area contributed by atoms with Crippen LogP contribution in [0.3, 0.4) is 0 Å². The lowest BCUT2D eigenvalue weighted by Gasteiger charge is -1.94. The Balaban J connectivity index is 2.21. The molecule has 2 aromatic carbocycles. The molecule has 22 heavy (non-hydrogen) atoms. The standard InChI is InChI=1S/C20H14N2/c21-15-19(13-17-7-3-1-4-8-17)11-12-20(16-22)14-18-9-5-2-6-10-18/h1-14H. The Morgan fingerprint density at radius 1 is 0.636 bits per heavy atom. The van der Waals surface area contributed by atoms with Crippen LogP contribution < -0.4 is 0 Å². The third kappa shape index (κ3) is 4.63. The summed E-state index contributed by atoms with van der Waals surface area (Å²) in [6.45, 7) is 0. The van der Waals surface area contributed by atoms with Crippen molar-refractivity contribution < 1.29 is 0 Å². The molecular formula is C20H14N2. The van der Waals surface area contributed by atoms with Crippen LogP contribution >= 0.6 is 0 Å². The third-order valence-electron chi connectivity index (χ3n) is 2.94. The summed E-state index contributed by atoms with van der Waals surface area (Å²) < 4.78 is 0. The molecule has 0 amide bonds. The van der Waals surface area contributed by atoms with Crippen molar-refractivity contribution >= 4 is 12.2 Å². The van der Waals surface area contributed by atoms with Gasteiger partial charge in [0.25, 0.3) is 0 Å². The molecule has 0 spiro atoms. The van der Waals surface area contributed by atoms with Crippen LogP contribution in [0, 0.1) is 22.7 Å². The van der Waals surface area contributed by atoms with Crippen molar-refractivity contribution in [3.8, 4) is 12.1 Å². The summed E-state index contributed by atoms with van der Waals surface area (Å²) in [5, 5.41) is 18.4. The monoisotopic (exact) mass is 282 g/mol. The van der Waals surface area contributed by atoms with Gasteiger partial charge in [0.15, 0.2) is 0 Å². The van der Waals surface area contributed by atoms with E-state index in [1.54, 1.807) is 24.3 Å². The Kier molecular flexibility index (Phi) is 5.50. The average Bonchev–Trinajstić information content (AvgIpc) is 2.59. The Bertz CT molecular complexity index is 714. The number of nitrogens with zero attached hydrogens (tertiary/aromatic N) is 2. The predicted molar refractivity (Wildman–Crippen MR) is 89.2 cm³/mol. The maximum Gasteiger partial charge on any atom is 0.0991 e. The van der Waals surface area contributed by atoms with E-state index in [1.807, 2.05) is 60.7 Å². The molecule has 0 N–H and O–H groups in total. The fourth-order valence-corrected chi connectivity index (χ4v) is 1.87. The van der Waals surface area contributed by atoms with Crippen molar-refractivity contribution in [3.63, 3.8) is 0 Å². The van der Waals surface area contributed by atoms with Gasteiger partial charge in [0, 0.05) is 0 Å². The number of hydrogen-bond acceptors (Lipinski definition) is 2. The van der Waals surface area contributed by atoms with Crippen LogP contribution in [-0.2, 0) is 0 Å². The van der Waals surface area contributed by atoms with Crippen molar-refractivity contribution in [1.29, 1.82) is 10.5 Å². The highest BCUT2D eigenvalue weighted by molar-refractivity contribution is 5.64. The summed E-state index contributed by atoms with van der Waals surface area (Å²) in [7, 11) is 0. The van der Waals surface area contributed by atoms with Gasteiger partial charge >= 0.3 is 0 Å². The number of nitriles is 2. The fraction of sp³-hybridized carbons (Fsp3) is 0. The lowest BCUT2D eigenvalue weighted by atomic mass is 10.1. The van der Waals surface area contributed by atoms with E-state index in [0.717, 1.165) is 11.1 Å². The highest BCUT2D eigenvalue weighted by Crippen LogP contribution is 2.11. The Labute approximate surface area is 130 Å². The van der Waals surface area contributed by atoms with Crippen LogP contribution in [0.4, 0.5) is 0 Å². The largest absolute Gasteiger partial charge is 0.192 e. The van der Waals surface area contributed by atoms with Crippen molar-refractivity contribution in [2.45, 2.75) is 0 Å². The number of allylic oxidation sites excluding steroid dienone is 4. The average molecular weight is 282 g/mol. The zero-order chi connectivity index (χ0) is 15.6. The van der Waals surface area contributed by atoms with Crippen LogP contribution in [0.25, 0.3) is 12.2 Å². The molecule has 2 nitrogen and oxygen atoms in total. The molecule has 0 aromatic heterocycles. The first-order chi connectivity index (χ1) is 10.8. The zero-order valence-corrected chi connectivity index (χ0v) is 12.0. The van der Waals surface area contributed by atoms with Gasteiger partial charge in [-0.1, -0.05) is 60.7 Å². The fourth-order valence-electron chi connectivity index (χ4n) is 1.87. The maximum atomic E-state index is 9.19. The van der Waals surface area contributed by atoms with E-state index >= 15 is 0 Å². The molecule has 0 saturated carbocycles. The summed E-state index contributed by atoms with van der Waals surface area (Å²) in [5.74, 6) is 0. The minimum atomic E-state index is 0.500. The normalized spacial score (nSPS) is 11.9. The van der Waals surface area contributed by atoms with E-state index in [-0.39, 0.29) is 0 Å². The van der Waals surface area contributed by atoms with Crippen molar-refractivity contribution in [2.75, 3.05) is 0 Å². The van der Waals surface area contributed by atoms with Crippen molar-refractivity contribution in [3.05, 3.63) is 95.1 Å². The number of rotatable bonds is 4. The van der Waals surface area contributed by atoms with Gasteiger partial charge in [-0.25, -0.2) is 0 Å². The molecule has 0 aliphatic heterocycles. The second kappa shape index (κ2) is 8.04. The highest BCUT2D eigenvalue weighted by Gasteiger charge is 1.94. The van der Waals surface area contributed by atoms with E-state index in [2.05, 4.69) is 12.1 Å². The summed E-state index contributed by atoms with van der Waals surface area (Å²) in [6.07, 6.45) is 6.89. The first kappa shape index (κ1) is 15.0. The Hall–Kier alpha value is -3.36. The Morgan fingerprint density at radius 3 is 1.32 bits per heavy atom. The zero-order valence-electron chi connectivity index (χ0n) is 12.0. The third-order valence-corrected chi connectivity index (χ3v) is 2.94. The molecule has 0 aliphatic carbocycles. The van der Waals surface area contributed by atoms with Gasteiger partial charge in [0.05, 0.1) is 23.3 Å². The first-order valence-electron chi connectivity index (χ1n) is 6.83. The second-order valence-corrected chi connectivity index (χ2v) is 4.58. The lowest BCUT2D eigenvalue weighted by molar-refractivity contribution is 1.49. The summed E-state index contributed by atoms with van der Waals surface area (Å²) in [4.78, 5) is 0. The van der Waals surface area contributed by atoms with E-state index < -0.39 is 0 Å². The van der Waals surface area contributed by atoms with Crippen LogP contribution in [0.5, 0.6) is 0 Å². The molecule has 2 aromatic rings. The predicted octanol–water partition coefficient (Wildman–Crippen LogP) is 4.76. The molecule has 0 aliphatic rings. The van der Waals surface area contributed by atoms with Gasteiger partial charge in [0.1, 0.15) is 0 Å². The minimum absolute atomic E-state index is 0.500. The molecule has 0 bridgehead atoms. The van der Waals surface area contributed by atoms with Gasteiger partial charge < -0.3 is 0 Å². The molecule has 0 fully saturated rings. The molecule has 0 radical (unpaired) electrons. The topological polar surface area (TPSA) is 47.6 Å². The Morgan fingerprint density at radius 2 is 1.00 bits per heavy atom. The number of hydrogen-bond donors (Lipinski definition) is 0. The molecule has 2 rings (SSSR count). The molecule has 0 saturated heterocycles. The van der Waals surface area contributed by atoms with Gasteiger partial charge in [-0.3, -0.25) is 0 Å². The van der Waals surface area contributed by atoms with Gasteiger partial charge in [-0.05, 0) is 35.4 Å². The SMILES string of the molecule is N#CC(C=CC(C#N)=Cc1ccccc1)=Cc1ccccc1. The lowest BCUT2D eigenvalue weighted by Crippen LogP contribution is -1.78. The molecule has 0 heterocycles.